The number of methoxy groups -OCH3 is 1. The van der Waals surface area contributed by atoms with E-state index >= 15 is 0 Å². The van der Waals surface area contributed by atoms with Gasteiger partial charge in [-0.25, -0.2) is 4.79 Å². The van der Waals surface area contributed by atoms with Gasteiger partial charge in [-0.1, -0.05) is 25.5 Å². The van der Waals surface area contributed by atoms with Crippen LogP contribution in [0.2, 0.25) is 0 Å². The second-order valence-electron chi connectivity index (χ2n) is 10.4. The van der Waals surface area contributed by atoms with Crippen molar-refractivity contribution in [1.82, 2.24) is 10.2 Å². The number of fused-ring (bicyclic) bond motifs is 1. The SMILES string of the molecule is CCCc1cc(C(OCOC)(C(F)(F)F)C(F)(F)F)ccc1OCCCCN1C(=O)NC(C)(c2ccc3c(c2)OCO3)C1=O. The van der Waals surface area contributed by atoms with Gasteiger partial charge in [-0.15, -0.1) is 0 Å². The molecular weight excluding hydrogens is 602 g/mol. The summed E-state index contributed by atoms with van der Waals surface area (Å²) in [6.45, 7) is 2.20. The van der Waals surface area contributed by atoms with E-state index < -0.39 is 47.8 Å². The van der Waals surface area contributed by atoms with Crippen LogP contribution in [0.25, 0.3) is 0 Å². The quantitative estimate of drug-likeness (QED) is 0.126. The van der Waals surface area contributed by atoms with Crippen LogP contribution >= 0.6 is 0 Å². The van der Waals surface area contributed by atoms with E-state index in [-0.39, 0.29) is 37.7 Å². The standard InChI is InChI=1S/C29H32F6N2O7/c1-4-7-18-14-20(27(28(30,31)32,29(33,34)35)44-16-40-3)9-10-21(18)41-13-6-5-12-37-24(38)26(2,36-25(37)39)19-8-11-22-23(15-19)43-17-42-22/h8-11,14-15H,4-7,12-13,16-17H2,1-3H3,(H,36,39). The smallest absolute Gasteiger partial charge is 0.430 e. The van der Waals surface area contributed by atoms with Crippen LogP contribution in [0.1, 0.15) is 49.8 Å². The van der Waals surface area contributed by atoms with Crippen LogP contribution in [0.3, 0.4) is 0 Å². The maximum absolute atomic E-state index is 14.0. The third kappa shape index (κ3) is 6.11. The molecule has 0 aliphatic carbocycles. The van der Waals surface area contributed by atoms with Crippen molar-refractivity contribution in [1.29, 1.82) is 0 Å². The van der Waals surface area contributed by atoms with E-state index in [1.807, 2.05) is 0 Å². The lowest BCUT2D eigenvalue weighted by Gasteiger charge is -2.37. The third-order valence-electron chi connectivity index (χ3n) is 7.44. The first-order chi connectivity index (χ1) is 20.7. The number of urea groups is 1. The minimum atomic E-state index is -5.84. The van der Waals surface area contributed by atoms with Gasteiger partial charge in [-0.05, 0) is 61.6 Å². The minimum absolute atomic E-state index is 0.0308. The van der Waals surface area contributed by atoms with Gasteiger partial charge in [0.2, 0.25) is 6.79 Å². The van der Waals surface area contributed by atoms with Crippen molar-refractivity contribution < 1.29 is 59.6 Å². The Balaban J connectivity index is 1.41. The Bertz CT molecular complexity index is 1350. The Morgan fingerprint density at radius 1 is 0.977 bits per heavy atom. The van der Waals surface area contributed by atoms with Gasteiger partial charge in [0.25, 0.3) is 11.5 Å². The molecule has 2 aliphatic rings. The molecule has 2 aliphatic heterocycles. The first kappa shape index (κ1) is 33.2. The molecule has 0 saturated carbocycles. The number of ether oxygens (including phenoxy) is 5. The number of nitrogens with one attached hydrogen (secondary N) is 1. The van der Waals surface area contributed by atoms with E-state index in [1.54, 1.807) is 32.0 Å². The zero-order valence-electron chi connectivity index (χ0n) is 24.2. The van der Waals surface area contributed by atoms with Crippen LogP contribution in [0.15, 0.2) is 36.4 Å². The molecule has 0 spiro atoms. The summed E-state index contributed by atoms with van der Waals surface area (Å²) in [5, 5.41) is 2.71. The number of halogens is 6. The summed E-state index contributed by atoms with van der Waals surface area (Å²) >= 11 is 0. The average Bonchev–Trinajstić information content (AvgIpc) is 3.50. The molecule has 44 heavy (non-hydrogen) atoms. The summed E-state index contributed by atoms with van der Waals surface area (Å²) in [6, 6.07) is 6.89. The molecule has 2 aromatic rings. The maximum Gasteiger partial charge on any atom is 0.430 e. The normalized spacial score (nSPS) is 18.6. The van der Waals surface area contributed by atoms with Crippen LogP contribution < -0.4 is 19.5 Å². The average molecular weight is 635 g/mol. The molecule has 4 rings (SSSR count). The predicted molar refractivity (Wildman–Crippen MR) is 142 cm³/mol. The molecule has 1 saturated heterocycles. The predicted octanol–water partition coefficient (Wildman–Crippen LogP) is 5.93. The Labute approximate surface area is 249 Å². The fourth-order valence-electron chi connectivity index (χ4n) is 5.14. The van der Waals surface area contributed by atoms with Gasteiger partial charge in [0, 0.05) is 19.2 Å². The largest absolute Gasteiger partial charge is 0.493 e. The van der Waals surface area contributed by atoms with Crippen LogP contribution in [-0.4, -0.2) is 63.0 Å². The summed E-state index contributed by atoms with van der Waals surface area (Å²) in [7, 11) is 0.918. The maximum atomic E-state index is 14.0. The van der Waals surface area contributed by atoms with Crippen molar-refractivity contribution in [2.75, 3.05) is 33.8 Å². The summed E-state index contributed by atoms with van der Waals surface area (Å²) in [6.07, 6.45) is -10.5. The number of rotatable bonds is 13. The molecule has 0 aromatic heterocycles. The lowest BCUT2D eigenvalue weighted by atomic mass is 9.89. The summed E-state index contributed by atoms with van der Waals surface area (Å²) in [4.78, 5) is 27.0. The number of alkyl halides is 6. The molecule has 0 radical (unpaired) electrons. The number of benzene rings is 2. The monoisotopic (exact) mass is 634 g/mol. The summed E-state index contributed by atoms with van der Waals surface area (Å²) in [5.41, 5.74) is -6.41. The van der Waals surface area contributed by atoms with Gasteiger partial charge in [-0.2, -0.15) is 26.3 Å². The molecule has 15 heteroatoms. The van der Waals surface area contributed by atoms with E-state index in [1.165, 1.54) is 0 Å². The van der Waals surface area contributed by atoms with E-state index in [9.17, 15) is 35.9 Å². The Kier molecular flexibility index (Phi) is 9.59. The molecule has 1 N–H and O–H groups in total. The van der Waals surface area contributed by atoms with E-state index in [0.717, 1.165) is 24.1 Å². The Morgan fingerprint density at radius 3 is 2.34 bits per heavy atom. The molecule has 2 aromatic carbocycles. The highest BCUT2D eigenvalue weighted by molar-refractivity contribution is 6.07. The van der Waals surface area contributed by atoms with Crippen molar-refractivity contribution >= 4 is 11.9 Å². The van der Waals surface area contributed by atoms with E-state index in [2.05, 4.69) is 14.8 Å². The molecule has 1 fully saturated rings. The number of amides is 3. The van der Waals surface area contributed by atoms with Crippen LogP contribution in [-0.2, 0) is 31.8 Å². The van der Waals surface area contributed by atoms with Crippen molar-refractivity contribution in [2.45, 2.75) is 63.0 Å². The number of imide groups is 1. The molecule has 0 bridgehead atoms. The highest BCUT2D eigenvalue weighted by Crippen LogP contribution is 2.53. The second kappa shape index (κ2) is 12.7. The number of carbonyl (C=O) groups excluding carboxylic acids is 2. The first-order valence-electron chi connectivity index (χ1n) is 13.8. The molecule has 1 unspecified atom stereocenters. The van der Waals surface area contributed by atoms with Crippen LogP contribution in [0.5, 0.6) is 17.2 Å². The lowest BCUT2D eigenvalue weighted by Crippen LogP contribution is -2.56. The van der Waals surface area contributed by atoms with Gasteiger partial charge in [0.1, 0.15) is 18.1 Å². The topological polar surface area (TPSA) is 95.6 Å². The number of carbonyl (C=O) groups is 2. The summed E-state index contributed by atoms with van der Waals surface area (Å²) < 4.78 is 109. The lowest BCUT2D eigenvalue weighted by molar-refractivity contribution is -0.400. The number of unbranched alkanes of at least 4 members (excludes halogenated alkanes) is 1. The van der Waals surface area contributed by atoms with Crippen molar-refractivity contribution in [3.63, 3.8) is 0 Å². The van der Waals surface area contributed by atoms with E-state index in [4.69, 9.17) is 14.2 Å². The van der Waals surface area contributed by atoms with Crippen LogP contribution in [0.4, 0.5) is 31.1 Å². The number of nitrogens with zero attached hydrogens (tertiary/aromatic N) is 1. The first-order valence-corrected chi connectivity index (χ1v) is 13.8. The van der Waals surface area contributed by atoms with Gasteiger partial charge < -0.3 is 29.0 Å². The fourth-order valence-corrected chi connectivity index (χ4v) is 5.14. The van der Waals surface area contributed by atoms with Crippen molar-refractivity contribution in [3.8, 4) is 17.2 Å². The van der Waals surface area contributed by atoms with E-state index in [0.29, 0.717) is 42.4 Å². The van der Waals surface area contributed by atoms with Gasteiger partial charge >= 0.3 is 18.4 Å². The number of hydrogen-bond donors (Lipinski definition) is 1. The number of hydrogen-bond acceptors (Lipinski definition) is 7. The molecular formula is C29H32F6N2O7. The number of aryl methyl sites for hydroxylation is 1. The zero-order valence-corrected chi connectivity index (χ0v) is 24.2. The molecule has 9 nitrogen and oxygen atoms in total. The van der Waals surface area contributed by atoms with Crippen molar-refractivity contribution in [3.05, 3.63) is 53.1 Å². The molecule has 3 amide bonds. The third-order valence-corrected chi connectivity index (χ3v) is 7.44. The van der Waals surface area contributed by atoms with Crippen LogP contribution in [0, 0.1) is 0 Å². The minimum Gasteiger partial charge on any atom is -0.493 e. The molecule has 242 valence electrons. The molecule has 2 heterocycles. The Hall–Kier alpha value is -3.72. The zero-order chi connectivity index (χ0) is 32.3. The summed E-state index contributed by atoms with van der Waals surface area (Å²) in [5.74, 6) is 0.645. The Morgan fingerprint density at radius 2 is 1.68 bits per heavy atom. The van der Waals surface area contributed by atoms with Gasteiger partial charge in [0.15, 0.2) is 11.5 Å². The fraction of sp³-hybridized carbons (Fsp3) is 0.517. The highest BCUT2D eigenvalue weighted by atomic mass is 19.4. The van der Waals surface area contributed by atoms with Gasteiger partial charge in [0.05, 0.1) is 6.61 Å². The van der Waals surface area contributed by atoms with Crippen molar-refractivity contribution in [2.24, 2.45) is 0 Å². The molecule has 1 atom stereocenters. The highest BCUT2D eigenvalue weighted by Gasteiger charge is 2.73. The second-order valence-corrected chi connectivity index (χ2v) is 10.4. The van der Waals surface area contributed by atoms with Gasteiger partial charge in [-0.3, -0.25) is 9.69 Å².